The number of nitrogens with zero attached hydrogens (tertiary/aromatic N) is 4. The normalized spacial score (nSPS) is 15.5. The molecule has 128 valence electrons. The predicted octanol–water partition coefficient (Wildman–Crippen LogP) is 3.26. The van der Waals surface area contributed by atoms with Gasteiger partial charge >= 0.3 is 0 Å². The molecule has 5 nitrogen and oxygen atoms in total. The summed E-state index contributed by atoms with van der Waals surface area (Å²) in [6.07, 6.45) is 7.44. The van der Waals surface area contributed by atoms with Gasteiger partial charge in [0.2, 0.25) is 0 Å². The van der Waals surface area contributed by atoms with Gasteiger partial charge in [0.05, 0.1) is 12.2 Å². The molecule has 3 heterocycles. The Kier molecular flexibility index (Phi) is 4.52. The molecule has 0 saturated carbocycles. The van der Waals surface area contributed by atoms with Crippen molar-refractivity contribution in [2.24, 2.45) is 4.99 Å². The molecule has 0 unspecified atom stereocenters. The van der Waals surface area contributed by atoms with E-state index in [2.05, 4.69) is 67.2 Å². The molecule has 0 radical (unpaired) electrons. The number of thiazole rings is 1. The average Bonchev–Trinajstić information content (AvgIpc) is 3.25. The highest BCUT2D eigenvalue weighted by molar-refractivity contribution is 7.15. The standard InChI is InChI=1S/C19H21N5S/c1-20-18(21-13-17-14-24-11-12-25-19(24)22-17)23-9-7-16(8-10-23)15-5-3-2-4-6-15/h2-7,11-12,14H,8-10,13H2,1H3,(H,20,21). The van der Waals surface area contributed by atoms with Crippen LogP contribution in [0.3, 0.4) is 0 Å². The van der Waals surface area contributed by atoms with Gasteiger partial charge in [0, 0.05) is 37.9 Å². The molecule has 1 aromatic carbocycles. The smallest absolute Gasteiger partial charge is 0.194 e. The first-order valence-electron chi connectivity index (χ1n) is 8.44. The zero-order valence-electron chi connectivity index (χ0n) is 14.2. The molecule has 2 aromatic heterocycles. The van der Waals surface area contributed by atoms with Crippen molar-refractivity contribution in [3.05, 3.63) is 65.4 Å². The minimum Gasteiger partial charge on any atom is -0.351 e. The highest BCUT2D eigenvalue weighted by Gasteiger charge is 2.16. The van der Waals surface area contributed by atoms with Gasteiger partial charge in [-0.1, -0.05) is 36.4 Å². The molecule has 0 aliphatic carbocycles. The summed E-state index contributed by atoms with van der Waals surface area (Å²) in [7, 11) is 1.84. The van der Waals surface area contributed by atoms with Gasteiger partial charge < -0.3 is 10.2 Å². The molecule has 1 aliphatic heterocycles. The van der Waals surface area contributed by atoms with Gasteiger partial charge in [0.15, 0.2) is 10.9 Å². The average molecular weight is 351 g/mol. The summed E-state index contributed by atoms with van der Waals surface area (Å²) in [5, 5.41) is 5.48. The van der Waals surface area contributed by atoms with E-state index in [-0.39, 0.29) is 0 Å². The van der Waals surface area contributed by atoms with Crippen molar-refractivity contribution in [1.29, 1.82) is 0 Å². The predicted molar refractivity (Wildman–Crippen MR) is 104 cm³/mol. The van der Waals surface area contributed by atoms with Gasteiger partial charge in [0.25, 0.3) is 0 Å². The Morgan fingerprint density at radius 1 is 1.32 bits per heavy atom. The number of rotatable bonds is 3. The van der Waals surface area contributed by atoms with Gasteiger partial charge in [-0.3, -0.25) is 9.39 Å². The quantitative estimate of drug-likeness (QED) is 0.582. The summed E-state index contributed by atoms with van der Waals surface area (Å²) >= 11 is 1.65. The van der Waals surface area contributed by atoms with E-state index in [0.29, 0.717) is 6.54 Å². The molecule has 6 heteroatoms. The van der Waals surface area contributed by atoms with Crippen LogP contribution >= 0.6 is 11.3 Å². The third kappa shape index (κ3) is 3.44. The topological polar surface area (TPSA) is 44.9 Å². The Bertz CT molecular complexity index is 878. The van der Waals surface area contributed by atoms with Crippen LogP contribution in [0, 0.1) is 0 Å². The zero-order valence-corrected chi connectivity index (χ0v) is 15.0. The lowest BCUT2D eigenvalue weighted by Crippen LogP contribution is -2.43. The third-order valence-electron chi connectivity index (χ3n) is 4.44. The van der Waals surface area contributed by atoms with Crippen molar-refractivity contribution >= 4 is 27.8 Å². The van der Waals surface area contributed by atoms with Crippen LogP contribution in [-0.2, 0) is 6.54 Å². The molecule has 0 saturated heterocycles. The largest absolute Gasteiger partial charge is 0.351 e. The van der Waals surface area contributed by atoms with Crippen LogP contribution in [-0.4, -0.2) is 40.4 Å². The van der Waals surface area contributed by atoms with Crippen LogP contribution in [0.2, 0.25) is 0 Å². The summed E-state index contributed by atoms with van der Waals surface area (Å²) in [4.78, 5) is 12.4. The van der Waals surface area contributed by atoms with Crippen LogP contribution in [0.25, 0.3) is 10.5 Å². The molecule has 1 aliphatic rings. The number of nitrogens with one attached hydrogen (secondary N) is 1. The van der Waals surface area contributed by atoms with Crippen molar-refractivity contribution in [3.63, 3.8) is 0 Å². The lowest BCUT2D eigenvalue weighted by Gasteiger charge is -2.29. The maximum atomic E-state index is 4.61. The Morgan fingerprint density at radius 3 is 2.92 bits per heavy atom. The number of guanidine groups is 1. The fraction of sp³-hybridized carbons (Fsp3) is 0.263. The maximum Gasteiger partial charge on any atom is 0.194 e. The summed E-state index contributed by atoms with van der Waals surface area (Å²) in [6, 6.07) is 10.6. The molecule has 4 rings (SSSR count). The summed E-state index contributed by atoms with van der Waals surface area (Å²) < 4.78 is 2.06. The van der Waals surface area contributed by atoms with E-state index in [9.17, 15) is 0 Å². The molecule has 1 N–H and O–H groups in total. The van der Waals surface area contributed by atoms with Crippen LogP contribution < -0.4 is 5.32 Å². The minimum absolute atomic E-state index is 0.687. The fourth-order valence-electron chi connectivity index (χ4n) is 3.14. The van der Waals surface area contributed by atoms with Crippen molar-refractivity contribution in [1.82, 2.24) is 19.6 Å². The second kappa shape index (κ2) is 7.11. The van der Waals surface area contributed by atoms with Gasteiger partial charge in [-0.2, -0.15) is 0 Å². The fourth-order valence-corrected chi connectivity index (χ4v) is 3.86. The Morgan fingerprint density at radius 2 is 2.20 bits per heavy atom. The monoisotopic (exact) mass is 351 g/mol. The molecular formula is C19H21N5S. The zero-order chi connectivity index (χ0) is 17.1. The number of hydrogen-bond donors (Lipinski definition) is 1. The van der Waals surface area contributed by atoms with Crippen molar-refractivity contribution in [2.45, 2.75) is 13.0 Å². The Hall–Kier alpha value is -2.60. The molecule has 0 atom stereocenters. The van der Waals surface area contributed by atoms with Crippen molar-refractivity contribution in [2.75, 3.05) is 20.1 Å². The first-order valence-corrected chi connectivity index (χ1v) is 9.32. The highest BCUT2D eigenvalue weighted by atomic mass is 32.1. The van der Waals surface area contributed by atoms with Crippen LogP contribution in [0.4, 0.5) is 0 Å². The lowest BCUT2D eigenvalue weighted by atomic mass is 10.00. The second-order valence-corrected chi connectivity index (χ2v) is 6.89. The molecule has 0 amide bonds. The first kappa shape index (κ1) is 15.9. The highest BCUT2D eigenvalue weighted by Crippen LogP contribution is 2.22. The van der Waals surface area contributed by atoms with E-state index < -0.39 is 0 Å². The van der Waals surface area contributed by atoms with Crippen LogP contribution in [0.1, 0.15) is 17.7 Å². The van der Waals surface area contributed by atoms with Crippen molar-refractivity contribution < 1.29 is 0 Å². The van der Waals surface area contributed by atoms with E-state index in [1.54, 1.807) is 11.3 Å². The van der Waals surface area contributed by atoms with Gasteiger partial charge in [-0.05, 0) is 17.6 Å². The van der Waals surface area contributed by atoms with Gasteiger partial charge in [0.1, 0.15) is 0 Å². The number of fused-ring (bicyclic) bond motifs is 1. The second-order valence-electron chi connectivity index (χ2n) is 6.02. The van der Waals surface area contributed by atoms with Gasteiger partial charge in [-0.15, -0.1) is 11.3 Å². The van der Waals surface area contributed by atoms with E-state index in [4.69, 9.17) is 0 Å². The number of hydrogen-bond acceptors (Lipinski definition) is 3. The van der Waals surface area contributed by atoms with Crippen molar-refractivity contribution in [3.8, 4) is 0 Å². The molecule has 0 spiro atoms. The molecule has 25 heavy (non-hydrogen) atoms. The van der Waals surface area contributed by atoms with E-state index >= 15 is 0 Å². The first-order chi connectivity index (χ1) is 12.3. The Labute approximate surface area is 151 Å². The molecule has 0 fully saturated rings. The summed E-state index contributed by atoms with van der Waals surface area (Å²) in [6.45, 7) is 2.54. The molecule has 0 bridgehead atoms. The maximum absolute atomic E-state index is 4.61. The number of imidazole rings is 1. The SMILES string of the molecule is CN=C(NCc1cn2ccsc2n1)N1CC=C(c2ccccc2)CC1. The third-order valence-corrected chi connectivity index (χ3v) is 5.21. The van der Waals surface area contributed by atoms with E-state index in [1.807, 2.05) is 18.6 Å². The minimum atomic E-state index is 0.687. The van der Waals surface area contributed by atoms with Crippen LogP contribution in [0.5, 0.6) is 0 Å². The molecular weight excluding hydrogens is 330 g/mol. The summed E-state index contributed by atoms with van der Waals surface area (Å²) in [5.41, 5.74) is 3.77. The summed E-state index contributed by atoms with van der Waals surface area (Å²) in [5.74, 6) is 0.930. The number of aromatic nitrogens is 2. The lowest BCUT2D eigenvalue weighted by molar-refractivity contribution is 0.439. The Balaban J connectivity index is 1.39. The van der Waals surface area contributed by atoms with Gasteiger partial charge in [-0.25, -0.2) is 4.98 Å². The van der Waals surface area contributed by atoms with Crippen LogP contribution in [0.15, 0.2) is 59.2 Å². The number of aliphatic imine (C=N–C) groups is 1. The molecule has 3 aromatic rings. The van der Waals surface area contributed by atoms with E-state index in [1.165, 1.54) is 11.1 Å². The van der Waals surface area contributed by atoms with E-state index in [0.717, 1.165) is 36.1 Å². The number of benzene rings is 1.